The lowest BCUT2D eigenvalue weighted by molar-refractivity contribution is -0.927. The normalized spacial score (nSPS) is 62.4. The second-order valence-corrected chi connectivity index (χ2v) is 11.8. The first-order chi connectivity index (χ1) is 14.1. The number of nitrogens with zero attached hydrogens (tertiary/aromatic N) is 1. The van der Waals surface area contributed by atoms with Crippen molar-refractivity contribution in [3.63, 3.8) is 0 Å². The van der Waals surface area contributed by atoms with Gasteiger partial charge in [0.2, 0.25) is 0 Å². The summed E-state index contributed by atoms with van der Waals surface area (Å²) >= 11 is 0. The highest BCUT2D eigenvalue weighted by Crippen LogP contribution is 2.84. The average molecular weight is 418 g/mol. The van der Waals surface area contributed by atoms with Gasteiger partial charge in [0.15, 0.2) is 0 Å². The first-order valence-electron chi connectivity index (χ1n) is 11.9. The maximum absolute atomic E-state index is 14.4. The van der Waals surface area contributed by atoms with Crippen LogP contribution in [-0.4, -0.2) is 58.3 Å². The fraction of sp³-hybridized carbons (Fsp3) is 0.875. The van der Waals surface area contributed by atoms with Crippen LogP contribution in [0.4, 0.5) is 0 Å². The van der Waals surface area contributed by atoms with Gasteiger partial charge in [0.05, 0.1) is 30.7 Å². The number of fused-ring (bicyclic) bond motifs is 1. The lowest BCUT2D eigenvalue weighted by atomic mass is 9.43. The highest BCUT2D eigenvalue weighted by atomic mass is 16.6. The summed E-state index contributed by atoms with van der Waals surface area (Å²) in [6, 6.07) is -0.171. The summed E-state index contributed by atoms with van der Waals surface area (Å²) in [4.78, 5) is 12.1. The van der Waals surface area contributed by atoms with Gasteiger partial charge in [0, 0.05) is 29.6 Å². The maximum atomic E-state index is 14.4. The number of esters is 1. The molecule has 2 spiro atoms. The number of likely N-dealkylation sites (tertiary alicyclic amines) is 1. The molecule has 6 fully saturated rings. The lowest BCUT2D eigenvalue weighted by Gasteiger charge is -2.68. The van der Waals surface area contributed by atoms with Crippen LogP contribution in [0.25, 0.3) is 0 Å². The van der Waals surface area contributed by atoms with Gasteiger partial charge in [-0.25, -0.2) is 0 Å². The van der Waals surface area contributed by atoms with Gasteiger partial charge in [-0.3, -0.25) is 4.79 Å². The van der Waals surface area contributed by atoms with Gasteiger partial charge in [0.1, 0.15) is 12.1 Å². The molecule has 1 aliphatic heterocycles. The third-order valence-corrected chi connectivity index (χ3v) is 11.1. The van der Waals surface area contributed by atoms with Crippen molar-refractivity contribution in [1.29, 1.82) is 0 Å². The average Bonchev–Trinajstić information content (AvgIpc) is 3.23. The van der Waals surface area contributed by atoms with E-state index in [-0.39, 0.29) is 45.2 Å². The molecule has 166 valence electrons. The van der Waals surface area contributed by atoms with Crippen LogP contribution in [0.2, 0.25) is 0 Å². The Balaban J connectivity index is 1.61. The van der Waals surface area contributed by atoms with Gasteiger partial charge in [-0.1, -0.05) is 13.5 Å². The Labute approximate surface area is 178 Å². The topological polar surface area (TPSA) is 89.8 Å². The van der Waals surface area contributed by atoms with Crippen LogP contribution in [0, 0.1) is 45.1 Å². The third-order valence-electron chi connectivity index (χ3n) is 11.1. The minimum Gasteiger partial charge on any atom is -0.633 e. The van der Waals surface area contributed by atoms with Crippen molar-refractivity contribution in [1.82, 2.24) is 0 Å². The minimum atomic E-state index is -0.541. The van der Waals surface area contributed by atoms with Crippen LogP contribution in [0.5, 0.6) is 0 Å². The SMILES string of the molecule is C=C1C2C[C@]3(C4C[C@H]5C6(C4[N@@+]([O-])(CC)C[C@@]5(C)CC[C@@H]6O)[C@@H]3C[C@@H]2O)[C@@H]1OC(C)=O. The number of ether oxygens (including phenoxy) is 1. The molecule has 6 nitrogen and oxygen atoms in total. The van der Waals surface area contributed by atoms with E-state index < -0.39 is 23.7 Å². The number of hydrogen-bond donors (Lipinski definition) is 2. The van der Waals surface area contributed by atoms with Gasteiger partial charge in [-0.05, 0) is 56.4 Å². The minimum absolute atomic E-state index is 0.00141. The van der Waals surface area contributed by atoms with Crippen molar-refractivity contribution in [2.45, 2.75) is 77.2 Å². The van der Waals surface area contributed by atoms with Crippen LogP contribution in [0.1, 0.15) is 52.9 Å². The zero-order chi connectivity index (χ0) is 21.4. The molecule has 0 amide bonds. The first kappa shape index (κ1) is 19.7. The van der Waals surface area contributed by atoms with Gasteiger partial charge in [-0.2, -0.15) is 0 Å². The van der Waals surface area contributed by atoms with E-state index in [1.807, 2.05) is 6.92 Å². The summed E-state index contributed by atoms with van der Waals surface area (Å²) in [6.07, 6.45) is 2.37. The summed E-state index contributed by atoms with van der Waals surface area (Å²) in [5.41, 5.74) is -0.0892. The highest BCUT2D eigenvalue weighted by molar-refractivity contribution is 5.67. The number of aliphatic hydroxyl groups excluding tert-OH is 2. The molecule has 12 atom stereocenters. The van der Waals surface area contributed by atoms with Gasteiger partial charge < -0.3 is 24.8 Å². The largest absolute Gasteiger partial charge is 0.633 e. The number of carbonyl (C=O) groups is 1. The molecule has 1 saturated heterocycles. The molecule has 6 aliphatic rings. The Morgan fingerprint density at radius 1 is 1.33 bits per heavy atom. The second-order valence-electron chi connectivity index (χ2n) is 11.8. The Kier molecular flexibility index (Phi) is 3.62. The van der Waals surface area contributed by atoms with Crippen molar-refractivity contribution in [2.24, 2.45) is 39.9 Å². The summed E-state index contributed by atoms with van der Waals surface area (Å²) in [6.45, 7) is 11.1. The molecular weight excluding hydrogens is 382 g/mol. The number of hydrogen-bond acceptors (Lipinski definition) is 5. The zero-order valence-corrected chi connectivity index (χ0v) is 18.3. The van der Waals surface area contributed by atoms with E-state index in [0.29, 0.717) is 25.4 Å². The van der Waals surface area contributed by atoms with E-state index in [4.69, 9.17) is 4.74 Å². The summed E-state index contributed by atoms with van der Waals surface area (Å²) in [5.74, 6) is 0.0110. The van der Waals surface area contributed by atoms with Crippen molar-refractivity contribution in [3.05, 3.63) is 17.4 Å². The van der Waals surface area contributed by atoms with Crippen molar-refractivity contribution in [2.75, 3.05) is 13.1 Å². The van der Waals surface area contributed by atoms with E-state index in [1.165, 1.54) is 6.92 Å². The van der Waals surface area contributed by atoms with Gasteiger partial charge in [-0.15, -0.1) is 0 Å². The van der Waals surface area contributed by atoms with E-state index in [9.17, 15) is 20.2 Å². The Morgan fingerprint density at radius 2 is 2.07 bits per heavy atom. The predicted octanol–water partition coefficient (Wildman–Crippen LogP) is 2.38. The fourth-order valence-corrected chi connectivity index (χ4v) is 10.6. The van der Waals surface area contributed by atoms with Gasteiger partial charge in [0.25, 0.3) is 0 Å². The molecule has 6 heteroatoms. The predicted molar refractivity (Wildman–Crippen MR) is 110 cm³/mol. The molecule has 5 aliphatic carbocycles. The van der Waals surface area contributed by atoms with Crippen molar-refractivity contribution in [3.8, 4) is 0 Å². The molecule has 2 N–H and O–H groups in total. The second kappa shape index (κ2) is 5.51. The molecule has 0 aromatic carbocycles. The highest BCUT2D eigenvalue weighted by Gasteiger charge is 2.88. The van der Waals surface area contributed by atoms with Crippen LogP contribution < -0.4 is 0 Å². The molecule has 0 aromatic rings. The molecule has 5 saturated carbocycles. The smallest absolute Gasteiger partial charge is 0.303 e. The summed E-state index contributed by atoms with van der Waals surface area (Å²) in [7, 11) is 0. The Morgan fingerprint density at radius 3 is 2.73 bits per heavy atom. The van der Waals surface area contributed by atoms with Crippen molar-refractivity contribution < 1.29 is 24.4 Å². The van der Waals surface area contributed by atoms with E-state index in [1.54, 1.807) is 0 Å². The first-order valence-corrected chi connectivity index (χ1v) is 11.9. The van der Waals surface area contributed by atoms with E-state index in [2.05, 4.69) is 13.5 Å². The monoisotopic (exact) mass is 417 g/mol. The lowest BCUT2D eigenvalue weighted by Crippen LogP contribution is -2.73. The fourth-order valence-electron chi connectivity index (χ4n) is 10.6. The van der Waals surface area contributed by atoms with Crippen LogP contribution in [-0.2, 0) is 9.53 Å². The van der Waals surface area contributed by atoms with Crippen LogP contribution in [0.3, 0.4) is 0 Å². The molecule has 0 aromatic heterocycles. The number of rotatable bonds is 2. The molecule has 1 heterocycles. The maximum Gasteiger partial charge on any atom is 0.303 e. The standard InChI is InChI=1S/C24H35NO5/c1-5-25(29)11-22(4)7-6-19(28)24-17(22)8-15(20(24)25)23-10-14(16(27)9-18(23)24)12(2)21(23)30-13(3)26/h14-21,27-28H,2,5-11H2,1,3-4H3/t14?,15?,16-,17+,18+,19-,20?,21+,22+,23+,24?,25+/m0/s1. The molecule has 30 heavy (non-hydrogen) atoms. The van der Waals surface area contributed by atoms with Gasteiger partial charge >= 0.3 is 5.97 Å². The zero-order valence-electron chi connectivity index (χ0n) is 18.3. The van der Waals surface area contributed by atoms with Crippen LogP contribution in [0.15, 0.2) is 12.2 Å². The molecular formula is C24H35NO5. The van der Waals surface area contributed by atoms with Crippen LogP contribution >= 0.6 is 0 Å². The molecule has 4 unspecified atom stereocenters. The molecule has 6 rings (SSSR count). The van der Waals surface area contributed by atoms with Crippen molar-refractivity contribution >= 4 is 5.97 Å². The number of piperidine rings is 1. The number of hydroxylamine groups is 3. The van der Waals surface area contributed by atoms with E-state index in [0.717, 1.165) is 31.3 Å². The van der Waals surface area contributed by atoms with E-state index >= 15 is 0 Å². The molecule has 0 radical (unpaired) electrons. The quantitative estimate of drug-likeness (QED) is 0.312. The third kappa shape index (κ3) is 1.80. The summed E-state index contributed by atoms with van der Waals surface area (Å²) in [5, 5.41) is 37.2. The summed E-state index contributed by atoms with van der Waals surface area (Å²) < 4.78 is 5.70. The number of quaternary nitrogens is 1. The molecule has 7 bridgehead atoms. The number of aliphatic hydroxyl groups is 2. The Bertz CT molecular complexity index is 845. The number of carbonyl (C=O) groups excluding carboxylic acids is 1. The Hall–Kier alpha value is -0.950.